The summed E-state index contributed by atoms with van der Waals surface area (Å²) < 4.78 is 0. The first-order chi connectivity index (χ1) is 11.3. The molecule has 3 amide bonds. The maximum atomic E-state index is 11.7. The van der Waals surface area contributed by atoms with Crippen LogP contribution in [-0.2, 0) is 19.2 Å². The molecule has 0 heterocycles. The Kier molecular flexibility index (Phi) is 8.00. The van der Waals surface area contributed by atoms with Gasteiger partial charge in [-0.1, -0.05) is 23.2 Å². The molecule has 0 atom stereocenters. The lowest BCUT2D eigenvalue weighted by Crippen LogP contribution is -2.41. The van der Waals surface area contributed by atoms with Crippen LogP contribution in [0, 0.1) is 0 Å². The molecule has 0 saturated carbocycles. The second-order valence-corrected chi connectivity index (χ2v) is 5.51. The Morgan fingerprint density at radius 3 is 1.96 bits per heavy atom. The van der Waals surface area contributed by atoms with Crippen LogP contribution in [0.5, 0.6) is 0 Å². The Morgan fingerprint density at radius 2 is 1.42 bits per heavy atom. The predicted molar refractivity (Wildman–Crippen MR) is 87.5 cm³/mol. The zero-order valence-electron chi connectivity index (χ0n) is 12.4. The van der Waals surface area contributed by atoms with Gasteiger partial charge < -0.3 is 10.4 Å². The highest BCUT2D eigenvalue weighted by atomic mass is 35.5. The number of hydrogen-bond donors (Lipinski definition) is 4. The number of anilines is 1. The van der Waals surface area contributed by atoms with E-state index in [-0.39, 0.29) is 30.7 Å². The Labute approximate surface area is 147 Å². The van der Waals surface area contributed by atoms with Crippen LogP contribution in [0.15, 0.2) is 18.2 Å². The number of carbonyl (C=O) groups is 4. The smallest absolute Gasteiger partial charge is 0.303 e. The van der Waals surface area contributed by atoms with Crippen molar-refractivity contribution in [2.24, 2.45) is 0 Å². The van der Waals surface area contributed by atoms with E-state index in [0.717, 1.165) is 0 Å². The highest BCUT2D eigenvalue weighted by Gasteiger charge is 2.11. The van der Waals surface area contributed by atoms with Crippen molar-refractivity contribution in [1.29, 1.82) is 0 Å². The number of carboxylic acid groups (broad SMARTS) is 1. The van der Waals surface area contributed by atoms with Crippen LogP contribution in [0.4, 0.5) is 5.69 Å². The van der Waals surface area contributed by atoms with Gasteiger partial charge in [-0.2, -0.15) is 0 Å². The van der Waals surface area contributed by atoms with Gasteiger partial charge in [0.2, 0.25) is 17.7 Å². The van der Waals surface area contributed by atoms with E-state index in [9.17, 15) is 19.2 Å². The molecule has 1 aromatic carbocycles. The van der Waals surface area contributed by atoms with Crippen molar-refractivity contribution in [2.45, 2.75) is 25.7 Å². The zero-order valence-corrected chi connectivity index (χ0v) is 13.9. The Morgan fingerprint density at radius 1 is 0.875 bits per heavy atom. The predicted octanol–water partition coefficient (Wildman–Crippen LogP) is 1.72. The first-order valence-electron chi connectivity index (χ1n) is 6.82. The van der Waals surface area contributed by atoms with Gasteiger partial charge in [-0.25, -0.2) is 0 Å². The Hall–Kier alpha value is -2.32. The maximum Gasteiger partial charge on any atom is 0.303 e. The van der Waals surface area contributed by atoms with Crippen LogP contribution in [0.1, 0.15) is 25.7 Å². The molecule has 0 aliphatic rings. The average molecular weight is 376 g/mol. The molecule has 0 fully saturated rings. The second kappa shape index (κ2) is 9.74. The first kappa shape index (κ1) is 19.7. The van der Waals surface area contributed by atoms with Gasteiger partial charge >= 0.3 is 5.97 Å². The number of amides is 3. The third-order valence-corrected chi connectivity index (χ3v) is 3.24. The average Bonchev–Trinajstić information content (AvgIpc) is 2.51. The fourth-order valence-electron chi connectivity index (χ4n) is 1.52. The molecular formula is C14H15Cl2N3O5. The van der Waals surface area contributed by atoms with Gasteiger partial charge in [0.1, 0.15) is 0 Å². The van der Waals surface area contributed by atoms with E-state index in [1.807, 2.05) is 0 Å². The molecule has 0 aromatic heterocycles. The summed E-state index contributed by atoms with van der Waals surface area (Å²) in [6.45, 7) is 0. The molecule has 10 heteroatoms. The van der Waals surface area contributed by atoms with E-state index in [1.54, 1.807) is 6.07 Å². The fourth-order valence-corrected chi connectivity index (χ4v) is 1.97. The Bertz CT molecular complexity index is 651. The lowest BCUT2D eigenvalue weighted by Gasteiger charge is -2.08. The van der Waals surface area contributed by atoms with Gasteiger partial charge in [0, 0.05) is 24.3 Å². The van der Waals surface area contributed by atoms with E-state index in [4.69, 9.17) is 28.3 Å². The largest absolute Gasteiger partial charge is 0.481 e. The number of hydrogen-bond acceptors (Lipinski definition) is 4. The fraction of sp³-hybridized carbons (Fsp3) is 0.286. The van der Waals surface area contributed by atoms with Crippen LogP contribution in [0.3, 0.4) is 0 Å². The molecular weight excluding hydrogens is 361 g/mol. The second-order valence-electron chi connectivity index (χ2n) is 4.66. The van der Waals surface area contributed by atoms with Gasteiger partial charge in [-0.15, -0.1) is 0 Å². The number of carbonyl (C=O) groups excluding carboxylic acids is 3. The summed E-state index contributed by atoms with van der Waals surface area (Å²) in [4.78, 5) is 44.7. The SMILES string of the molecule is O=C(O)CCC(=O)NNC(=O)CCC(=O)Nc1ccc(Cl)cc1Cl. The minimum absolute atomic E-state index is 0.129. The summed E-state index contributed by atoms with van der Waals surface area (Å²) in [5.74, 6) is -2.78. The minimum atomic E-state index is -1.12. The quantitative estimate of drug-likeness (QED) is 0.540. The molecule has 1 rings (SSSR count). The third-order valence-electron chi connectivity index (χ3n) is 2.69. The summed E-state index contributed by atoms with van der Waals surface area (Å²) in [5.41, 5.74) is 4.52. The normalized spacial score (nSPS) is 9.92. The molecule has 130 valence electrons. The number of hydrazine groups is 1. The van der Waals surface area contributed by atoms with Crippen molar-refractivity contribution in [2.75, 3.05) is 5.32 Å². The van der Waals surface area contributed by atoms with Gasteiger partial charge in [0.25, 0.3) is 0 Å². The Balaban J connectivity index is 2.29. The summed E-state index contributed by atoms with van der Waals surface area (Å²) in [6, 6.07) is 4.56. The summed E-state index contributed by atoms with van der Waals surface area (Å²) >= 11 is 11.6. The van der Waals surface area contributed by atoms with Crippen LogP contribution >= 0.6 is 23.2 Å². The molecule has 24 heavy (non-hydrogen) atoms. The molecule has 0 bridgehead atoms. The monoisotopic (exact) mass is 375 g/mol. The van der Waals surface area contributed by atoms with Crippen molar-refractivity contribution in [3.63, 3.8) is 0 Å². The van der Waals surface area contributed by atoms with Crippen molar-refractivity contribution in [3.8, 4) is 0 Å². The highest BCUT2D eigenvalue weighted by molar-refractivity contribution is 6.36. The number of benzene rings is 1. The summed E-state index contributed by atoms with van der Waals surface area (Å²) in [6.07, 6.45) is -0.900. The molecule has 8 nitrogen and oxygen atoms in total. The lowest BCUT2D eigenvalue weighted by molar-refractivity contribution is -0.139. The molecule has 0 unspecified atom stereocenters. The van der Waals surface area contributed by atoms with Gasteiger partial charge in [0.05, 0.1) is 17.1 Å². The van der Waals surface area contributed by atoms with Crippen LogP contribution in [0.2, 0.25) is 10.0 Å². The molecule has 1 aromatic rings. The molecule has 0 aliphatic carbocycles. The van der Waals surface area contributed by atoms with Crippen molar-refractivity contribution < 1.29 is 24.3 Å². The third kappa shape index (κ3) is 7.80. The van der Waals surface area contributed by atoms with Crippen molar-refractivity contribution >= 4 is 52.6 Å². The van der Waals surface area contributed by atoms with Crippen LogP contribution in [-0.4, -0.2) is 28.8 Å². The number of aliphatic carboxylic acids is 1. The van der Waals surface area contributed by atoms with Crippen molar-refractivity contribution in [3.05, 3.63) is 28.2 Å². The molecule has 0 radical (unpaired) electrons. The topological polar surface area (TPSA) is 125 Å². The minimum Gasteiger partial charge on any atom is -0.481 e. The number of nitrogens with one attached hydrogen (secondary N) is 3. The zero-order chi connectivity index (χ0) is 18.1. The number of carboxylic acids is 1. The standard InChI is InChI=1S/C14H15Cl2N3O5/c15-8-1-2-10(9(16)7-8)17-11(20)3-4-12(21)18-19-13(22)5-6-14(23)24/h1-2,7H,3-6H2,(H,17,20)(H,18,21)(H,19,22)(H,23,24). The highest BCUT2D eigenvalue weighted by Crippen LogP contribution is 2.25. The maximum absolute atomic E-state index is 11.7. The lowest BCUT2D eigenvalue weighted by atomic mass is 10.2. The van der Waals surface area contributed by atoms with Crippen molar-refractivity contribution in [1.82, 2.24) is 10.9 Å². The summed E-state index contributed by atoms with van der Waals surface area (Å²) in [7, 11) is 0. The van der Waals surface area contributed by atoms with Gasteiger partial charge in [0.15, 0.2) is 0 Å². The van der Waals surface area contributed by atoms with E-state index in [0.29, 0.717) is 10.7 Å². The van der Waals surface area contributed by atoms with Crippen LogP contribution in [0.25, 0.3) is 0 Å². The van der Waals surface area contributed by atoms with Gasteiger partial charge in [-0.05, 0) is 18.2 Å². The molecule has 0 saturated heterocycles. The van der Waals surface area contributed by atoms with E-state index in [1.165, 1.54) is 12.1 Å². The van der Waals surface area contributed by atoms with E-state index >= 15 is 0 Å². The van der Waals surface area contributed by atoms with E-state index in [2.05, 4.69) is 16.2 Å². The summed E-state index contributed by atoms with van der Waals surface area (Å²) in [5, 5.41) is 11.6. The molecule has 4 N–H and O–H groups in total. The van der Waals surface area contributed by atoms with Crippen LogP contribution < -0.4 is 16.2 Å². The molecule has 0 spiro atoms. The first-order valence-corrected chi connectivity index (χ1v) is 7.58. The van der Waals surface area contributed by atoms with E-state index < -0.39 is 23.7 Å². The van der Waals surface area contributed by atoms with Gasteiger partial charge in [-0.3, -0.25) is 30.0 Å². The number of rotatable bonds is 7. The number of halogens is 2. The molecule has 0 aliphatic heterocycles.